The maximum atomic E-state index is 12.1. The Morgan fingerprint density at radius 1 is 1.16 bits per heavy atom. The van der Waals surface area contributed by atoms with E-state index >= 15 is 0 Å². The van der Waals surface area contributed by atoms with E-state index in [2.05, 4.69) is 15.3 Å². The van der Waals surface area contributed by atoms with Crippen molar-refractivity contribution in [1.29, 1.82) is 0 Å². The van der Waals surface area contributed by atoms with Gasteiger partial charge in [-0.05, 0) is 66.8 Å². The standard InChI is InChI=1S/C25H26N4O3/c1-29(2)25(31)18-4-8-22(9-5-18)32-23-10-6-20(28-24-16-26-11-12-27-24)15-19(23)13-17-3-7-21(30)14-17/h4-6,8-12,15-17H,3,7,13-14H2,1-2H3,(H,27,28). The molecule has 7 heteroatoms. The molecule has 1 N–H and O–H groups in total. The number of amides is 1. The van der Waals surface area contributed by atoms with Gasteiger partial charge in [-0.25, -0.2) is 4.98 Å². The van der Waals surface area contributed by atoms with Crippen molar-refractivity contribution in [3.8, 4) is 11.5 Å². The summed E-state index contributed by atoms with van der Waals surface area (Å²) in [4.78, 5) is 33.8. The number of nitrogens with one attached hydrogen (secondary N) is 1. The van der Waals surface area contributed by atoms with Crippen LogP contribution in [0.25, 0.3) is 0 Å². The van der Waals surface area contributed by atoms with Gasteiger partial charge in [-0.3, -0.25) is 14.6 Å². The van der Waals surface area contributed by atoms with Gasteiger partial charge >= 0.3 is 0 Å². The monoisotopic (exact) mass is 430 g/mol. The number of hydrogen-bond donors (Lipinski definition) is 1. The van der Waals surface area contributed by atoms with Crippen LogP contribution in [0.2, 0.25) is 0 Å². The molecule has 164 valence electrons. The lowest BCUT2D eigenvalue weighted by molar-refractivity contribution is -0.117. The van der Waals surface area contributed by atoms with E-state index in [0.717, 1.165) is 29.8 Å². The Kier molecular flexibility index (Phi) is 6.44. The van der Waals surface area contributed by atoms with E-state index in [1.165, 1.54) is 0 Å². The van der Waals surface area contributed by atoms with Crippen LogP contribution in [0.5, 0.6) is 11.5 Å². The molecule has 1 aliphatic rings. The lowest BCUT2D eigenvalue weighted by Crippen LogP contribution is -2.21. The summed E-state index contributed by atoms with van der Waals surface area (Å²) in [5, 5.41) is 3.26. The van der Waals surface area contributed by atoms with Crippen LogP contribution in [0.1, 0.15) is 35.2 Å². The number of hydrogen-bond acceptors (Lipinski definition) is 6. The number of nitrogens with zero attached hydrogens (tertiary/aromatic N) is 3. The van der Waals surface area contributed by atoms with Crippen LogP contribution >= 0.6 is 0 Å². The van der Waals surface area contributed by atoms with Crippen molar-refractivity contribution in [1.82, 2.24) is 14.9 Å². The number of carbonyl (C=O) groups excluding carboxylic acids is 2. The van der Waals surface area contributed by atoms with Gasteiger partial charge < -0.3 is 15.0 Å². The second-order valence-corrected chi connectivity index (χ2v) is 8.22. The van der Waals surface area contributed by atoms with Crippen LogP contribution in [-0.4, -0.2) is 40.7 Å². The molecule has 1 saturated carbocycles. The van der Waals surface area contributed by atoms with Crippen molar-refractivity contribution in [2.75, 3.05) is 19.4 Å². The Labute approximate surface area is 187 Å². The van der Waals surface area contributed by atoms with Crippen LogP contribution in [0.4, 0.5) is 11.5 Å². The highest BCUT2D eigenvalue weighted by atomic mass is 16.5. The Morgan fingerprint density at radius 3 is 2.62 bits per heavy atom. The third kappa shape index (κ3) is 5.29. The average Bonchev–Trinajstić information content (AvgIpc) is 3.20. The Balaban J connectivity index is 1.56. The zero-order chi connectivity index (χ0) is 22.5. The first-order valence-electron chi connectivity index (χ1n) is 10.6. The first-order chi connectivity index (χ1) is 15.5. The molecule has 2 aromatic carbocycles. The maximum Gasteiger partial charge on any atom is 0.253 e. The summed E-state index contributed by atoms with van der Waals surface area (Å²) in [5.41, 5.74) is 2.51. The number of anilines is 2. The molecule has 1 atom stereocenters. The second kappa shape index (κ2) is 9.60. The fourth-order valence-electron chi connectivity index (χ4n) is 3.85. The third-order valence-corrected chi connectivity index (χ3v) is 5.49. The molecule has 3 aromatic rings. The van der Waals surface area contributed by atoms with Crippen molar-refractivity contribution in [3.63, 3.8) is 0 Å². The minimum atomic E-state index is -0.0532. The highest BCUT2D eigenvalue weighted by Crippen LogP contribution is 2.34. The van der Waals surface area contributed by atoms with E-state index in [1.807, 2.05) is 18.2 Å². The minimum Gasteiger partial charge on any atom is -0.457 e. The number of ether oxygens (including phenoxy) is 1. The number of Topliss-reactive ketones (excluding diaryl/α,β-unsaturated/α-hetero) is 1. The van der Waals surface area contributed by atoms with Gasteiger partial charge in [-0.15, -0.1) is 0 Å². The predicted octanol–water partition coefficient (Wildman–Crippen LogP) is 4.63. The molecule has 32 heavy (non-hydrogen) atoms. The van der Waals surface area contributed by atoms with Crippen LogP contribution < -0.4 is 10.1 Å². The summed E-state index contributed by atoms with van der Waals surface area (Å²) in [6, 6.07) is 13.0. The van der Waals surface area contributed by atoms with Crippen molar-refractivity contribution in [2.45, 2.75) is 25.7 Å². The summed E-state index contributed by atoms with van der Waals surface area (Å²) in [7, 11) is 3.45. The zero-order valence-electron chi connectivity index (χ0n) is 18.2. The van der Waals surface area contributed by atoms with E-state index in [1.54, 1.807) is 61.9 Å². The van der Waals surface area contributed by atoms with E-state index in [9.17, 15) is 9.59 Å². The fraction of sp³-hybridized carbons (Fsp3) is 0.280. The third-order valence-electron chi connectivity index (χ3n) is 5.49. The van der Waals surface area contributed by atoms with Crippen molar-refractivity contribution >= 4 is 23.2 Å². The summed E-state index contributed by atoms with van der Waals surface area (Å²) in [6.45, 7) is 0. The zero-order valence-corrected chi connectivity index (χ0v) is 18.2. The predicted molar refractivity (Wildman–Crippen MR) is 122 cm³/mol. The van der Waals surface area contributed by atoms with Crippen LogP contribution in [-0.2, 0) is 11.2 Å². The normalized spacial score (nSPS) is 15.4. The summed E-state index contributed by atoms with van der Waals surface area (Å²) in [6.07, 6.45) is 7.85. The van der Waals surface area contributed by atoms with Gasteiger partial charge in [0.25, 0.3) is 5.91 Å². The Bertz CT molecular complexity index is 1100. The van der Waals surface area contributed by atoms with Gasteiger partial charge in [0, 0.05) is 50.6 Å². The number of carbonyl (C=O) groups is 2. The fourth-order valence-corrected chi connectivity index (χ4v) is 3.85. The van der Waals surface area contributed by atoms with Gasteiger partial charge in [-0.1, -0.05) is 0 Å². The van der Waals surface area contributed by atoms with Crippen molar-refractivity contribution in [2.24, 2.45) is 5.92 Å². The topological polar surface area (TPSA) is 84.4 Å². The summed E-state index contributed by atoms with van der Waals surface area (Å²) < 4.78 is 6.18. The average molecular weight is 431 g/mol. The molecular formula is C25H26N4O3. The second-order valence-electron chi connectivity index (χ2n) is 8.22. The van der Waals surface area contributed by atoms with Gasteiger partial charge in [0.05, 0.1) is 6.20 Å². The largest absolute Gasteiger partial charge is 0.457 e. The quantitative estimate of drug-likeness (QED) is 0.589. The highest BCUT2D eigenvalue weighted by molar-refractivity contribution is 5.93. The number of aromatic nitrogens is 2. The molecular weight excluding hydrogens is 404 g/mol. The SMILES string of the molecule is CN(C)C(=O)c1ccc(Oc2ccc(Nc3cnccn3)cc2CC2CCC(=O)C2)cc1. The van der Waals surface area contributed by atoms with Crippen molar-refractivity contribution in [3.05, 3.63) is 72.2 Å². The molecule has 0 bridgehead atoms. The van der Waals surface area contributed by atoms with Crippen LogP contribution in [0.3, 0.4) is 0 Å². The first kappa shape index (κ1) is 21.5. The Hall–Kier alpha value is -3.74. The molecule has 0 saturated heterocycles. The number of rotatable bonds is 7. The maximum absolute atomic E-state index is 12.1. The van der Waals surface area contributed by atoms with E-state index in [-0.39, 0.29) is 5.91 Å². The minimum absolute atomic E-state index is 0.0532. The highest BCUT2D eigenvalue weighted by Gasteiger charge is 2.23. The number of ketones is 1. The van der Waals surface area contributed by atoms with Crippen LogP contribution in [0, 0.1) is 5.92 Å². The molecule has 1 amide bonds. The molecule has 1 unspecified atom stereocenters. The van der Waals surface area contributed by atoms with E-state index in [0.29, 0.717) is 41.7 Å². The molecule has 1 aliphatic carbocycles. The Morgan fingerprint density at radius 2 is 1.97 bits per heavy atom. The molecule has 0 radical (unpaired) electrons. The van der Waals surface area contributed by atoms with Crippen molar-refractivity contribution < 1.29 is 14.3 Å². The van der Waals surface area contributed by atoms with Gasteiger partial charge in [-0.2, -0.15) is 0 Å². The molecule has 0 aliphatic heterocycles. The number of benzene rings is 2. The van der Waals surface area contributed by atoms with E-state index in [4.69, 9.17) is 4.74 Å². The lowest BCUT2D eigenvalue weighted by Gasteiger charge is -2.16. The molecule has 0 spiro atoms. The van der Waals surface area contributed by atoms with Gasteiger partial charge in [0.1, 0.15) is 23.1 Å². The molecule has 1 fully saturated rings. The molecule has 7 nitrogen and oxygen atoms in total. The molecule has 1 heterocycles. The molecule has 1 aromatic heterocycles. The summed E-state index contributed by atoms with van der Waals surface area (Å²) >= 11 is 0. The van der Waals surface area contributed by atoms with Gasteiger partial charge in [0.2, 0.25) is 0 Å². The van der Waals surface area contributed by atoms with E-state index < -0.39 is 0 Å². The lowest BCUT2D eigenvalue weighted by atomic mass is 9.97. The first-order valence-corrected chi connectivity index (χ1v) is 10.6. The summed E-state index contributed by atoms with van der Waals surface area (Å²) in [5.74, 6) is 2.63. The van der Waals surface area contributed by atoms with Crippen LogP contribution in [0.15, 0.2) is 61.1 Å². The smallest absolute Gasteiger partial charge is 0.253 e. The van der Waals surface area contributed by atoms with Gasteiger partial charge in [0.15, 0.2) is 0 Å². The molecule has 4 rings (SSSR count).